The molecule has 1 aromatic carbocycles. The first-order valence-corrected chi connectivity index (χ1v) is 7.09. The minimum Gasteiger partial charge on any atom is -0.296 e. The largest absolute Gasteiger partial charge is 0.296 e. The zero-order chi connectivity index (χ0) is 15.1. The zero-order valence-electron chi connectivity index (χ0n) is 12.1. The van der Waals surface area contributed by atoms with Crippen molar-refractivity contribution in [2.45, 2.75) is 13.8 Å². The average molecular weight is 299 g/mol. The maximum absolute atomic E-state index is 12.0. The van der Waals surface area contributed by atoms with E-state index in [4.69, 9.17) is 11.6 Å². The zero-order valence-corrected chi connectivity index (χ0v) is 12.9. The number of rotatable bonds is 1. The van der Waals surface area contributed by atoms with Crippen molar-refractivity contribution < 1.29 is 0 Å². The summed E-state index contributed by atoms with van der Waals surface area (Å²) < 4.78 is 1.59. The Hall–Kier alpha value is -2.13. The molecule has 0 radical (unpaired) electrons. The quantitative estimate of drug-likeness (QED) is 0.683. The van der Waals surface area contributed by atoms with Gasteiger partial charge in [0, 0.05) is 29.1 Å². The van der Waals surface area contributed by atoms with Crippen molar-refractivity contribution >= 4 is 22.6 Å². The lowest BCUT2D eigenvalue weighted by molar-refractivity contribution is 0.884. The van der Waals surface area contributed by atoms with Crippen LogP contribution < -0.4 is 5.56 Å². The fourth-order valence-corrected chi connectivity index (χ4v) is 2.74. The Balaban J connectivity index is 2.35. The van der Waals surface area contributed by atoms with Crippen molar-refractivity contribution in [3.63, 3.8) is 0 Å². The number of hydrogen-bond donors (Lipinski definition) is 0. The van der Waals surface area contributed by atoms with Crippen molar-refractivity contribution in [1.82, 2.24) is 9.55 Å². The van der Waals surface area contributed by atoms with Gasteiger partial charge in [0.1, 0.15) is 5.65 Å². The first-order valence-electron chi connectivity index (χ1n) is 6.71. The summed E-state index contributed by atoms with van der Waals surface area (Å²) in [5.41, 5.74) is 4.57. The number of nitrogens with zero attached hydrogens (tertiary/aromatic N) is 2. The van der Waals surface area contributed by atoms with Crippen LogP contribution in [-0.2, 0) is 7.05 Å². The number of hydrogen-bond acceptors (Lipinski definition) is 2. The van der Waals surface area contributed by atoms with Crippen LogP contribution in [0.5, 0.6) is 0 Å². The van der Waals surface area contributed by atoms with Crippen LogP contribution in [0.25, 0.3) is 22.3 Å². The van der Waals surface area contributed by atoms with Gasteiger partial charge in [-0.25, -0.2) is 4.98 Å². The van der Waals surface area contributed by atoms with Gasteiger partial charge in [0.15, 0.2) is 0 Å². The Morgan fingerprint density at radius 1 is 1.05 bits per heavy atom. The van der Waals surface area contributed by atoms with Crippen molar-refractivity contribution in [3.8, 4) is 11.3 Å². The van der Waals surface area contributed by atoms with Gasteiger partial charge in [-0.3, -0.25) is 9.36 Å². The molecule has 3 rings (SSSR count). The average Bonchev–Trinajstić information content (AvgIpc) is 2.44. The SMILES string of the molecule is Cc1cc(-c2ccc(Cl)cc2)nc2c1c(C)cc(=O)n2C. The van der Waals surface area contributed by atoms with Crippen LogP contribution >= 0.6 is 11.6 Å². The molecule has 0 bridgehead atoms. The van der Waals surface area contributed by atoms with E-state index >= 15 is 0 Å². The van der Waals surface area contributed by atoms with E-state index in [0.29, 0.717) is 10.7 Å². The molecule has 0 saturated carbocycles. The summed E-state index contributed by atoms with van der Waals surface area (Å²) in [6.07, 6.45) is 0. The molecule has 0 amide bonds. The van der Waals surface area contributed by atoms with Gasteiger partial charge >= 0.3 is 0 Å². The molecule has 0 aliphatic carbocycles. The number of fused-ring (bicyclic) bond motifs is 1. The number of halogens is 1. The Morgan fingerprint density at radius 2 is 1.67 bits per heavy atom. The van der Waals surface area contributed by atoms with Crippen molar-refractivity contribution in [1.29, 1.82) is 0 Å². The lowest BCUT2D eigenvalue weighted by Crippen LogP contribution is -2.18. The van der Waals surface area contributed by atoms with E-state index in [9.17, 15) is 4.79 Å². The topological polar surface area (TPSA) is 34.9 Å². The Kier molecular flexibility index (Phi) is 3.30. The summed E-state index contributed by atoms with van der Waals surface area (Å²) in [5.74, 6) is 0. The van der Waals surface area contributed by atoms with E-state index < -0.39 is 0 Å². The molecule has 0 fully saturated rings. The fraction of sp³-hybridized carbons (Fsp3) is 0.176. The summed E-state index contributed by atoms with van der Waals surface area (Å²) >= 11 is 5.93. The van der Waals surface area contributed by atoms with Crippen molar-refractivity contribution in [2.24, 2.45) is 7.05 Å². The lowest BCUT2D eigenvalue weighted by Gasteiger charge is -2.12. The summed E-state index contributed by atoms with van der Waals surface area (Å²) in [6, 6.07) is 11.2. The maximum atomic E-state index is 12.0. The summed E-state index contributed by atoms with van der Waals surface area (Å²) in [4.78, 5) is 16.6. The third kappa shape index (κ3) is 2.34. The molecule has 2 aromatic heterocycles. The molecule has 0 N–H and O–H groups in total. The molecule has 4 heteroatoms. The van der Waals surface area contributed by atoms with E-state index in [1.54, 1.807) is 17.7 Å². The number of pyridine rings is 2. The van der Waals surface area contributed by atoms with Gasteiger partial charge in [-0.15, -0.1) is 0 Å². The van der Waals surface area contributed by atoms with Crippen LogP contribution in [-0.4, -0.2) is 9.55 Å². The van der Waals surface area contributed by atoms with Gasteiger partial charge in [-0.2, -0.15) is 0 Å². The molecule has 0 aliphatic heterocycles. The molecule has 0 aliphatic rings. The van der Waals surface area contributed by atoms with Crippen LogP contribution in [0.4, 0.5) is 0 Å². The third-order valence-corrected chi connectivity index (χ3v) is 3.97. The van der Waals surface area contributed by atoms with Gasteiger partial charge in [-0.1, -0.05) is 23.7 Å². The van der Waals surface area contributed by atoms with Gasteiger partial charge in [-0.05, 0) is 43.2 Å². The maximum Gasteiger partial charge on any atom is 0.252 e. The number of aromatic nitrogens is 2. The van der Waals surface area contributed by atoms with E-state index in [2.05, 4.69) is 4.98 Å². The second-order valence-electron chi connectivity index (χ2n) is 5.25. The molecule has 21 heavy (non-hydrogen) atoms. The summed E-state index contributed by atoms with van der Waals surface area (Å²) in [7, 11) is 1.75. The predicted octanol–water partition coefficient (Wildman–Crippen LogP) is 3.87. The molecule has 3 aromatic rings. The van der Waals surface area contributed by atoms with Crippen LogP contribution in [0.1, 0.15) is 11.1 Å². The fourth-order valence-electron chi connectivity index (χ4n) is 2.61. The molecule has 2 heterocycles. The molecular formula is C17H15ClN2O. The monoisotopic (exact) mass is 298 g/mol. The highest BCUT2D eigenvalue weighted by molar-refractivity contribution is 6.30. The van der Waals surface area contributed by atoms with Gasteiger partial charge in [0.2, 0.25) is 0 Å². The molecule has 0 saturated heterocycles. The van der Waals surface area contributed by atoms with Crippen LogP contribution in [0.3, 0.4) is 0 Å². The highest BCUT2D eigenvalue weighted by atomic mass is 35.5. The van der Waals surface area contributed by atoms with Crippen LogP contribution in [0.15, 0.2) is 41.2 Å². The van der Waals surface area contributed by atoms with Gasteiger partial charge in [0.05, 0.1) is 5.69 Å². The first kappa shape index (κ1) is 13.8. The minimum atomic E-state index is -0.0415. The Labute approximate surface area is 127 Å². The van der Waals surface area contributed by atoms with Crippen molar-refractivity contribution in [2.75, 3.05) is 0 Å². The molecule has 0 atom stereocenters. The van der Waals surface area contributed by atoms with Gasteiger partial charge in [0.25, 0.3) is 5.56 Å². The highest BCUT2D eigenvalue weighted by Gasteiger charge is 2.10. The number of aryl methyl sites for hydroxylation is 3. The molecular weight excluding hydrogens is 284 g/mol. The first-order chi connectivity index (χ1) is 9.97. The van der Waals surface area contributed by atoms with E-state index in [0.717, 1.165) is 27.8 Å². The third-order valence-electron chi connectivity index (χ3n) is 3.72. The second-order valence-corrected chi connectivity index (χ2v) is 5.69. The van der Waals surface area contributed by atoms with Crippen LogP contribution in [0.2, 0.25) is 5.02 Å². The van der Waals surface area contributed by atoms with Gasteiger partial charge < -0.3 is 0 Å². The van der Waals surface area contributed by atoms with E-state index in [-0.39, 0.29) is 5.56 Å². The molecule has 106 valence electrons. The van der Waals surface area contributed by atoms with Crippen LogP contribution in [0, 0.1) is 13.8 Å². The minimum absolute atomic E-state index is 0.0415. The number of benzene rings is 1. The Morgan fingerprint density at radius 3 is 2.33 bits per heavy atom. The standard InChI is InChI=1S/C17H15ClN2O/c1-10-8-14(12-4-6-13(18)7-5-12)19-17-16(10)11(2)9-15(21)20(17)3/h4-9H,1-3H3. The van der Waals surface area contributed by atoms with Crippen molar-refractivity contribution in [3.05, 3.63) is 62.9 Å². The smallest absolute Gasteiger partial charge is 0.252 e. The lowest BCUT2D eigenvalue weighted by atomic mass is 10.0. The molecule has 0 unspecified atom stereocenters. The predicted molar refractivity (Wildman–Crippen MR) is 86.9 cm³/mol. The summed E-state index contributed by atoms with van der Waals surface area (Å²) in [6.45, 7) is 3.99. The van der Waals surface area contributed by atoms with E-state index in [1.807, 2.05) is 44.2 Å². The second kappa shape index (κ2) is 5.01. The normalized spacial score (nSPS) is 11.0. The summed E-state index contributed by atoms with van der Waals surface area (Å²) in [5, 5.41) is 1.73. The molecule has 3 nitrogen and oxygen atoms in total. The Bertz CT molecular complexity index is 895. The highest BCUT2D eigenvalue weighted by Crippen LogP contribution is 2.26. The molecule has 0 spiro atoms. The van der Waals surface area contributed by atoms with E-state index in [1.165, 1.54) is 0 Å².